The largest absolute Gasteiger partial charge is 0.407 e. The van der Waals surface area contributed by atoms with E-state index in [0.29, 0.717) is 16.6 Å². The molecule has 0 aromatic heterocycles. The summed E-state index contributed by atoms with van der Waals surface area (Å²) in [6.07, 6.45) is 5.27. The van der Waals surface area contributed by atoms with Crippen LogP contribution in [0.3, 0.4) is 0 Å². The average molecular weight is 297 g/mol. The molecule has 0 bridgehead atoms. The number of rotatable bonds is 6. The zero-order valence-electron chi connectivity index (χ0n) is 13.9. The topological polar surface area (TPSA) is 58.0 Å². The Labute approximate surface area is 125 Å². The van der Waals surface area contributed by atoms with Crippen molar-refractivity contribution in [2.24, 2.45) is 5.11 Å². The predicted molar refractivity (Wildman–Crippen MR) is 86.8 cm³/mol. The van der Waals surface area contributed by atoms with Crippen molar-refractivity contribution in [3.63, 3.8) is 0 Å². The van der Waals surface area contributed by atoms with Crippen LogP contribution in [0.2, 0.25) is 16.6 Å². The normalized spacial score (nSPS) is 21.6. The maximum absolute atomic E-state index is 8.76. The molecule has 0 spiro atoms. The van der Waals surface area contributed by atoms with E-state index in [1.54, 1.807) is 0 Å². The smallest absolute Gasteiger partial charge is 0.201 e. The monoisotopic (exact) mass is 296 g/mol. The molecule has 115 valence electrons. The summed E-state index contributed by atoms with van der Waals surface area (Å²) in [5, 5.41) is 3.97. The van der Waals surface area contributed by atoms with Crippen molar-refractivity contribution in [3.8, 4) is 0 Å². The van der Waals surface area contributed by atoms with Gasteiger partial charge in [0.15, 0.2) is 0 Å². The van der Waals surface area contributed by atoms with Crippen molar-refractivity contribution in [2.75, 3.05) is 0 Å². The molecule has 1 fully saturated rings. The lowest BCUT2D eigenvalue weighted by Gasteiger charge is -2.46. The molecule has 0 aromatic carbocycles. The third kappa shape index (κ3) is 3.57. The molecule has 0 N–H and O–H groups in total. The number of hydrogen-bond donors (Lipinski definition) is 0. The predicted octanol–water partition coefficient (Wildman–Crippen LogP) is 5.96. The van der Waals surface area contributed by atoms with E-state index in [1.807, 2.05) is 0 Å². The minimum absolute atomic E-state index is 0.0446. The number of azide groups is 1. The summed E-state index contributed by atoms with van der Waals surface area (Å²) in [7, 11) is -1.91. The van der Waals surface area contributed by atoms with E-state index in [9.17, 15) is 0 Å². The van der Waals surface area contributed by atoms with Gasteiger partial charge in [0.1, 0.15) is 0 Å². The molecule has 0 aromatic rings. The van der Waals surface area contributed by atoms with Crippen LogP contribution in [0, 0.1) is 6.10 Å². The van der Waals surface area contributed by atoms with Crippen molar-refractivity contribution >= 4 is 8.32 Å². The maximum atomic E-state index is 8.76. The van der Waals surface area contributed by atoms with Crippen molar-refractivity contribution in [1.29, 1.82) is 0 Å². The van der Waals surface area contributed by atoms with Gasteiger partial charge in [-0.15, -0.1) is 0 Å². The Bertz CT molecular complexity index is 329. The van der Waals surface area contributed by atoms with Crippen molar-refractivity contribution in [3.05, 3.63) is 16.5 Å². The fourth-order valence-corrected chi connectivity index (χ4v) is 9.25. The highest BCUT2D eigenvalue weighted by Crippen LogP contribution is 2.46. The molecule has 1 rings (SSSR count). The van der Waals surface area contributed by atoms with E-state index >= 15 is 0 Å². The van der Waals surface area contributed by atoms with Gasteiger partial charge in [-0.2, -0.15) is 0 Å². The first-order valence-corrected chi connectivity index (χ1v) is 10.1. The molecule has 0 heterocycles. The zero-order valence-corrected chi connectivity index (χ0v) is 14.9. The lowest BCUT2D eigenvalue weighted by Crippen LogP contribution is -2.50. The molecule has 1 atom stereocenters. The maximum Gasteiger partial charge on any atom is 0.201 e. The van der Waals surface area contributed by atoms with Crippen molar-refractivity contribution in [2.45, 2.75) is 89.9 Å². The quantitative estimate of drug-likeness (QED) is 0.258. The molecule has 0 amide bonds. The van der Waals surface area contributed by atoms with Crippen LogP contribution in [0.25, 0.3) is 10.4 Å². The summed E-state index contributed by atoms with van der Waals surface area (Å²) >= 11 is 0. The second-order valence-electron chi connectivity index (χ2n) is 6.85. The lowest BCUT2D eigenvalue weighted by molar-refractivity contribution is 0.210. The van der Waals surface area contributed by atoms with Crippen molar-refractivity contribution < 1.29 is 4.43 Å². The molecule has 5 heteroatoms. The Morgan fingerprint density at radius 3 is 2.10 bits per heavy atom. The fraction of sp³-hybridized carbons (Fsp3) is 0.933. The van der Waals surface area contributed by atoms with Gasteiger partial charge in [-0.25, -0.2) is 0 Å². The van der Waals surface area contributed by atoms with Gasteiger partial charge < -0.3 is 4.43 Å². The molecule has 4 nitrogen and oxygen atoms in total. The second kappa shape index (κ2) is 7.48. The van der Waals surface area contributed by atoms with Crippen LogP contribution in [-0.4, -0.2) is 14.4 Å². The Balaban J connectivity index is 3.01. The van der Waals surface area contributed by atoms with Gasteiger partial charge in [0.25, 0.3) is 0 Å². The lowest BCUT2D eigenvalue weighted by atomic mass is 9.93. The van der Waals surface area contributed by atoms with Crippen LogP contribution in [0.15, 0.2) is 5.11 Å². The summed E-state index contributed by atoms with van der Waals surface area (Å²) < 4.78 is 6.72. The van der Waals surface area contributed by atoms with Crippen LogP contribution in [0.5, 0.6) is 0 Å². The minimum Gasteiger partial charge on any atom is -0.407 e. The highest BCUT2D eigenvalue weighted by Gasteiger charge is 2.48. The van der Waals surface area contributed by atoms with Gasteiger partial charge in [-0.05, 0) is 35.0 Å². The summed E-state index contributed by atoms with van der Waals surface area (Å²) in [5.74, 6) is 0. The molecule has 20 heavy (non-hydrogen) atoms. The standard InChI is InChI=1S/C15H30N3OSi/c1-11(2)20(12(3)4,13(5)6)19-15-10-8-7-9-14(15)17-18-16/h11-14H,7-10H2,1-6H3. The van der Waals surface area contributed by atoms with Gasteiger partial charge in [0, 0.05) is 4.91 Å². The first kappa shape index (κ1) is 17.5. The molecule has 1 aliphatic carbocycles. The van der Waals surface area contributed by atoms with E-state index in [-0.39, 0.29) is 6.04 Å². The van der Waals surface area contributed by atoms with Gasteiger partial charge >= 0.3 is 0 Å². The Hall–Kier alpha value is -0.513. The van der Waals surface area contributed by atoms with E-state index in [4.69, 9.17) is 9.96 Å². The Morgan fingerprint density at radius 2 is 1.65 bits per heavy atom. The summed E-state index contributed by atoms with van der Waals surface area (Å²) in [6, 6.07) is -0.0446. The molecule has 0 saturated heterocycles. The summed E-state index contributed by atoms with van der Waals surface area (Å²) in [6.45, 7) is 13.7. The molecule has 0 aliphatic heterocycles. The molecule has 1 unspecified atom stereocenters. The molecular weight excluding hydrogens is 266 g/mol. The average Bonchev–Trinajstić information content (AvgIpc) is 2.36. The van der Waals surface area contributed by atoms with E-state index < -0.39 is 8.32 Å². The van der Waals surface area contributed by atoms with Crippen LogP contribution in [0.1, 0.15) is 67.2 Å². The van der Waals surface area contributed by atoms with Gasteiger partial charge in [0.05, 0.1) is 12.1 Å². The third-order valence-electron chi connectivity index (χ3n) is 4.73. The van der Waals surface area contributed by atoms with Crippen LogP contribution >= 0.6 is 0 Å². The highest BCUT2D eigenvalue weighted by molar-refractivity contribution is 6.77. The number of nitrogens with zero attached hydrogens (tertiary/aromatic N) is 3. The molecular formula is C15H30N3OSi. The van der Waals surface area contributed by atoms with Gasteiger partial charge in [-0.3, -0.25) is 0 Å². The van der Waals surface area contributed by atoms with Gasteiger partial charge in [0.2, 0.25) is 8.32 Å². The van der Waals surface area contributed by atoms with Crippen LogP contribution in [-0.2, 0) is 4.43 Å². The SMILES string of the molecule is CC(C)[Si](O[C]1CCCCC1N=[N+]=[N-])(C(C)C)C(C)C. The van der Waals surface area contributed by atoms with Gasteiger partial charge in [-0.1, -0.05) is 59.5 Å². The second-order valence-corrected chi connectivity index (χ2v) is 12.2. The Kier molecular flexibility index (Phi) is 6.56. The fourth-order valence-electron chi connectivity index (χ4n) is 3.85. The molecule has 1 aliphatic rings. The van der Waals surface area contributed by atoms with Crippen LogP contribution < -0.4 is 0 Å². The van der Waals surface area contributed by atoms with Crippen LogP contribution in [0.4, 0.5) is 0 Å². The van der Waals surface area contributed by atoms with Crippen molar-refractivity contribution in [1.82, 2.24) is 0 Å². The first-order valence-electron chi connectivity index (χ1n) is 7.95. The number of hydrogen-bond acceptors (Lipinski definition) is 2. The third-order valence-corrected chi connectivity index (χ3v) is 10.8. The minimum atomic E-state index is -1.91. The molecule has 1 saturated carbocycles. The highest BCUT2D eigenvalue weighted by atomic mass is 28.4. The van der Waals surface area contributed by atoms with E-state index in [2.05, 4.69) is 51.6 Å². The van der Waals surface area contributed by atoms with E-state index in [1.165, 1.54) is 0 Å². The zero-order chi connectivity index (χ0) is 15.3. The first-order chi connectivity index (χ1) is 9.36. The summed E-state index contributed by atoms with van der Waals surface area (Å²) in [4.78, 5) is 3.01. The Morgan fingerprint density at radius 1 is 1.10 bits per heavy atom. The van der Waals surface area contributed by atoms with E-state index in [0.717, 1.165) is 31.8 Å². The summed E-state index contributed by atoms with van der Waals surface area (Å²) in [5.41, 5.74) is 10.4. The molecule has 1 radical (unpaired) electrons.